The Bertz CT molecular complexity index is 1490. The summed E-state index contributed by atoms with van der Waals surface area (Å²) in [6.07, 6.45) is 6.10. The fourth-order valence-electron chi connectivity index (χ4n) is 4.55. The van der Waals surface area contributed by atoms with E-state index < -0.39 is 27.4 Å². The third-order valence-corrected chi connectivity index (χ3v) is 8.48. The number of carbonyl (C=O) groups is 2. The normalized spacial score (nSPS) is 19.9. The van der Waals surface area contributed by atoms with Crippen molar-refractivity contribution in [1.82, 2.24) is 14.2 Å². The molecule has 2 heterocycles. The van der Waals surface area contributed by atoms with E-state index in [4.69, 9.17) is 10.2 Å². The van der Waals surface area contributed by atoms with Crippen molar-refractivity contribution in [2.24, 2.45) is 5.41 Å². The van der Waals surface area contributed by atoms with Gasteiger partial charge in [0.15, 0.2) is 0 Å². The van der Waals surface area contributed by atoms with E-state index in [1.807, 2.05) is 24.3 Å². The van der Waals surface area contributed by atoms with Crippen LogP contribution < -0.4 is 5.32 Å². The van der Waals surface area contributed by atoms with Gasteiger partial charge in [-0.05, 0) is 43.2 Å². The van der Waals surface area contributed by atoms with E-state index in [0.717, 1.165) is 43.6 Å². The molecule has 0 radical (unpaired) electrons. The molecule has 9 nitrogen and oxygen atoms in total. The number of aliphatic carboxylic acids is 2. The van der Waals surface area contributed by atoms with Gasteiger partial charge in [-0.1, -0.05) is 48.6 Å². The van der Waals surface area contributed by atoms with Crippen molar-refractivity contribution in [3.8, 4) is 0 Å². The van der Waals surface area contributed by atoms with Crippen LogP contribution in [0.15, 0.2) is 89.5 Å². The van der Waals surface area contributed by atoms with Crippen molar-refractivity contribution in [3.05, 3.63) is 90.2 Å². The summed E-state index contributed by atoms with van der Waals surface area (Å²) in [4.78, 5) is 24.0. The summed E-state index contributed by atoms with van der Waals surface area (Å²) in [6.45, 7) is 6.37. The Morgan fingerprint density at radius 1 is 1.00 bits per heavy atom. The van der Waals surface area contributed by atoms with Gasteiger partial charge in [0.1, 0.15) is 0 Å². The lowest BCUT2D eigenvalue weighted by Crippen LogP contribution is -2.42. The second-order valence-corrected chi connectivity index (χ2v) is 11.4. The quantitative estimate of drug-likeness (QED) is 0.437. The number of nitrogens with zero attached hydrogens (tertiary/aromatic N) is 2. The van der Waals surface area contributed by atoms with Gasteiger partial charge in [0.25, 0.3) is 10.0 Å². The summed E-state index contributed by atoms with van der Waals surface area (Å²) < 4.78 is 27.3. The highest BCUT2D eigenvalue weighted by Gasteiger charge is 2.34. The van der Waals surface area contributed by atoms with E-state index in [-0.39, 0.29) is 12.0 Å². The van der Waals surface area contributed by atoms with Crippen LogP contribution in [0.1, 0.15) is 18.9 Å². The maximum atomic E-state index is 13.0. The number of carboxylic acids is 2. The van der Waals surface area contributed by atoms with Crippen LogP contribution in [-0.4, -0.2) is 65.6 Å². The van der Waals surface area contributed by atoms with Crippen molar-refractivity contribution in [1.29, 1.82) is 0 Å². The molecule has 3 N–H and O–H groups in total. The molecule has 1 unspecified atom stereocenters. The molecule has 0 bridgehead atoms. The van der Waals surface area contributed by atoms with Gasteiger partial charge in [-0.25, -0.2) is 17.2 Å². The number of aromatic nitrogens is 1. The summed E-state index contributed by atoms with van der Waals surface area (Å²) in [5.41, 5.74) is 0.952. The number of nitrogens with one attached hydrogen (secondary N) is 1. The number of piperazine rings is 1. The Kier molecular flexibility index (Phi) is 8.15. The zero-order chi connectivity index (χ0) is 27.3. The maximum absolute atomic E-state index is 13.0. The average molecular weight is 538 g/mol. The highest BCUT2D eigenvalue weighted by molar-refractivity contribution is 7.90. The molecule has 2 aliphatic rings. The predicted molar refractivity (Wildman–Crippen MR) is 144 cm³/mol. The number of rotatable bonds is 6. The first-order valence-corrected chi connectivity index (χ1v) is 13.7. The fraction of sp³-hybridized carbons (Fsp3) is 0.286. The number of benzene rings is 2. The predicted octanol–water partition coefficient (Wildman–Crippen LogP) is 3.33. The Balaban J connectivity index is 0.000000219. The van der Waals surface area contributed by atoms with E-state index in [0.29, 0.717) is 4.90 Å². The molecule has 1 aliphatic heterocycles. The third-order valence-electron chi connectivity index (χ3n) is 6.77. The summed E-state index contributed by atoms with van der Waals surface area (Å²) in [5, 5.41) is 21.8. The van der Waals surface area contributed by atoms with E-state index in [1.165, 1.54) is 34.7 Å². The summed E-state index contributed by atoms with van der Waals surface area (Å²) in [5.74, 6) is -2.06. The van der Waals surface area contributed by atoms with Crippen molar-refractivity contribution in [3.63, 3.8) is 0 Å². The van der Waals surface area contributed by atoms with E-state index in [1.54, 1.807) is 30.5 Å². The molecule has 1 fully saturated rings. The van der Waals surface area contributed by atoms with Crippen molar-refractivity contribution >= 4 is 32.9 Å². The average Bonchev–Trinajstić information content (AvgIpc) is 3.36. The van der Waals surface area contributed by atoms with Gasteiger partial charge >= 0.3 is 11.9 Å². The first-order chi connectivity index (χ1) is 18.1. The minimum Gasteiger partial charge on any atom is -0.481 e. The molecule has 0 saturated carbocycles. The van der Waals surface area contributed by atoms with Crippen molar-refractivity contribution in [2.75, 3.05) is 26.2 Å². The van der Waals surface area contributed by atoms with Crippen LogP contribution in [0.25, 0.3) is 10.9 Å². The summed E-state index contributed by atoms with van der Waals surface area (Å²) >= 11 is 0. The van der Waals surface area contributed by atoms with E-state index in [2.05, 4.69) is 16.3 Å². The molecule has 0 amide bonds. The molecular formula is C28H31N3O6S. The lowest BCUT2D eigenvalue weighted by Gasteiger charge is -2.27. The van der Waals surface area contributed by atoms with Gasteiger partial charge in [-0.3, -0.25) is 9.69 Å². The van der Waals surface area contributed by atoms with Gasteiger partial charge < -0.3 is 15.5 Å². The molecular weight excluding hydrogens is 506 g/mol. The molecule has 1 atom stereocenters. The molecule has 3 aromatic rings. The molecule has 200 valence electrons. The number of fused-ring (bicyclic) bond motifs is 1. The largest absolute Gasteiger partial charge is 0.481 e. The van der Waals surface area contributed by atoms with Crippen molar-refractivity contribution < 1.29 is 28.2 Å². The number of carboxylic acid groups (broad SMARTS) is 2. The first-order valence-electron chi connectivity index (χ1n) is 12.3. The van der Waals surface area contributed by atoms with Gasteiger partial charge in [0.05, 0.1) is 15.8 Å². The van der Waals surface area contributed by atoms with Gasteiger partial charge in [-0.2, -0.15) is 0 Å². The second kappa shape index (κ2) is 11.3. The van der Waals surface area contributed by atoms with Crippen LogP contribution in [0.4, 0.5) is 0 Å². The van der Waals surface area contributed by atoms with Gasteiger partial charge in [0, 0.05) is 49.9 Å². The van der Waals surface area contributed by atoms with Gasteiger partial charge in [0.2, 0.25) is 0 Å². The van der Waals surface area contributed by atoms with E-state index >= 15 is 0 Å². The Labute approximate surface area is 221 Å². The zero-order valence-corrected chi connectivity index (χ0v) is 21.9. The van der Waals surface area contributed by atoms with Gasteiger partial charge in [-0.15, -0.1) is 0 Å². The second-order valence-electron chi connectivity index (χ2n) is 9.56. The molecule has 10 heteroatoms. The summed E-state index contributed by atoms with van der Waals surface area (Å²) in [7, 11) is -3.58. The molecule has 2 aromatic carbocycles. The monoisotopic (exact) mass is 537 g/mol. The first kappa shape index (κ1) is 27.3. The highest BCUT2D eigenvalue weighted by Crippen LogP contribution is 2.31. The lowest BCUT2D eigenvalue weighted by atomic mass is 9.80. The minimum atomic E-state index is -3.58. The van der Waals surface area contributed by atoms with Crippen LogP contribution in [0.5, 0.6) is 0 Å². The van der Waals surface area contributed by atoms with Crippen LogP contribution >= 0.6 is 0 Å². The molecule has 1 aromatic heterocycles. The van der Waals surface area contributed by atoms with E-state index in [9.17, 15) is 18.0 Å². The summed E-state index contributed by atoms with van der Waals surface area (Å²) in [6, 6.07) is 16.4. The molecule has 1 aliphatic carbocycles. The van der Waals surface area contributed by atoms with Crippen LogP contribution in [-0.2, 0) is 26.2 Å². The number of hydrogen-bond donors (Lipinski definition) is 3. The minimum absolute atomic E-state index is 0.0359. The number of hydrogen-bond acceptors (Lipinski definition) is 6. The highest BCUT2D eigenvalue weighted by atomic mass is 32.2. The van der Waals surface area contributed by atoms with Crippen LogP contribution in [0, 0.1) is 5.41 Å². The fourth-order valence-corrected chi connectivity index (χ4v) is 5.92. The van der Waals surface area contributed by atoms with Crippen LogP contribution in [0.3, 0.4) is 0 Å². The standard InChI is InChI=1S/C19H21N3O2S.C9H10O4/c23-25(24,17-6-2-1-3-7-17)22-12-9-18-16(5-4-8-19(18)22)15-21-13-10-20-11-14-21;1-9(8(12)13)4-2-3-6(5-9)7(10)11/h1-9,12,20H,10-11,13-15H2;2-4H,5H2,1H3,(H,10,11)(H,12,13). The molecule has 1 saturated heterocycles. The Morgan fingerprint density at radius 2 is 1.71 bits per heavy atom. The van der Waals surface area contributed by atoms with Crippen molar-refractivity contribution in [2.45, 2.75) is 24.8 Å². The molecule has 0 spiro atoms. The third kappa shape index (κ3) is 5.88. The maximum Gasteiger partial charge on any atom is 0.331 e. The lowest BCUT2D eigenvalue weighted by molar-refractivity contribution is -0.145. The SMILES string of the molecule is CC1(C(=O)O)C=CC=C(C(=O)O)C1.O=S(=O)(c1ccccc1)n1ccc2c(CN3CCNCC3)cccc21. The number of allylic oxidation sites excluding steroid dienone is 2. The molecule has 5 rings (SSSR count). The topological polar surface area (TPSA) is 129 Å². The Hall–Kier alpha value is -3.73. The smallest absolute Gasteiger partial charge is 0.331 e. The molecule has 38 heavy (non-hydrogen) atoms. The zero-order valence-electron chi connectivity index (χ0n) is 21.1. The van der Waals surface area contributed by atoms with Crippen LogP contribution in [0.2, 0.25) is 0 Å². The Morgan fingerprint density at radius 3 is 2.37 bits per heavy atom.